The minimum atomic E-state index is -0.322. The third-order valence-corrected chi connectivity index (χ3v) is 6.42. The molecule has 3 aromatic carbocycles. The van der Waals surface area contributed by atoms with Crippen molar-refractivity contribution in [1.82, 2.24) is 4.98 Å². The Hall–Kier alpha value is -4.46. The highest BCUT2D eigenvalue weighted by Crippen LogP contribution is 2.39. The zero-order valence-corrected chi connectivity index (χ0v) is 21.8. The number of nitrogens with zero attached hydrogens (tertiary/aromatic N) is 1. The Morgan fingerprint density at radius 2 is 1.51 bits per heavy atom. The number of methoxy groups -OCH3 is 4. The van der Waals surface area contributed by atoms with Crippen LogP contribution in [0.1, 0.15) is 27.0 Å². The Morgan fingerprint density at radius 3 is 2.11 bits per heavy atom. The minimum absolute atomic E-state index is 0.0509. The van der Waals surface area contributed by atoms with Gasteiger partial charge >= 0.3 is 0 Å². The van der Waals surface area contributed by atoms with Crippen LogP contribution in [0.3, 0.4) is 0 Å². The molecule has 8 nitrogen and oxygen atoms in total. The molecule has 0 saturated carbocycles. The van der Waals surface area contributed by atoms with Gasteiger partial charge in [0.25, 0.3) is 11.5 Å². The number of amides is 1. The molecule has 0 unspecified atom stereocenters. The molecule has 4 aromatic rings. The number of benzene rings is 3. The number of hydrogen-bond donors (Lipinski definition) is 1. The fourth-order valence-electron chi connectivity index (χ4n) is 4.17. The van der Waals surface area contributed by atoms with Crippen LogP contribution in [0.15, 0.2) is 59.4 Å². The summed E-state index contributed by atoms with van der Waals surface area (Å²) in [6, 6.07) is 16.2. The number of fused-ring (bicyclic) bond motifs is 1. The van der Waals surface area contributed by atoms with Crippen LogP contribution in [-0.4, -0.2) is 39.3 Å². The largest absolute Gasteiger partial charge is 0.497 e. The summed E-state index contributed by atoms with van der Waals surface area (Å²) in [5.74, 6) is 1.44. The summed E-state index contributed by atoms with van der Waals surface area (Å²) in [6.45, 7) is 4.04. The second-order valence-corrected chi connectivity index (χ2v) is 8.65. The van der Waals surface area contributed by atoms with Gasteiger partial charge in [0.2, 0.25) is 5.75 Å². The Bertz CT molecular complexity index is 1500. The zero-order valence-electron chi connectivity index (χ0n) is 21.8. The van der Waals surface area contributed by atoms with Crippen LogP contribution in [0, 0.1) is 13.8 Å². The molecule has 1 aromatic heterocycles. The maximum absolute atomic E-state index is 14.0. The molecule has 0 aliphatic carbocycles. The maximum atomic E-state index is 14.0. The molecule has 192 valence electrons. The van der Waals surface area contributed by atoms with E-state index in [2.05, 4.69) is 4.98 Å². The van der Waals surface area contributed by atoms with Gasteiger partial charge in [-0.1, -0.05) is 6.07 Å². The smallest absolute Gasteiger partial charge is 0.258 e. The van der Waals surface area contributed by atoms with Gasteiger partial charge in [-0.25, -0.2) is 0 Å². The van der Waals surface area contributed by atoms with Crippen LogP contribution in [0.5, 0.6) is 23.0 Å². The van der Waals surface area contributed by atoms with Crippen molar-refractivity contribution in [2.45, 2.75) is 20.4 Å². The van der Waals surface area contributed by atoms with Crippen molar-refractivity contribution in [2.24, 2.45) is 0 Å². The van der Waals surface area contributed by atoms with Gasteiger partial charge in [-0.3, -0.25) is 9.59 Å². The molecule has 37 heavy (non-hydrogen) atoms. The molecule has 0 aliphatic rings. The highest BCUT2D eigenvalue weighted by Gasteiger charge is 2.24. The number of H-pyrrole nitrogens is 1. The quantitative estimate of drug-likeness (QED) is 0.364. The highest BCUT2D eigenvalue weighted by atomic mass is 16.5. The number of rotatable bonds is 8. The van der Waals surface area contributed by atoms with Crippen LogP contribution >= 0.6 is 0 Å². The summed E-state index contributed by atoms with van der Waals surface area (Å²) in [4.78, 5) is 31.5. The number of aryl methyl sites for hydroxylation is 2. The predicted molar refractivity (Wildman–Crippen MR) is 144 cm³/mol. The van der Waals surface area contributed by atoms with Crippen LogP contribution in [0.2, 0.25) is 0 Å². The van der Waals surface area contributed by atoms with E-state index in [-0.39, 0.29) is 18.0 Å². The molecule has 0 fully saturated rings. The summed E-state index contributed by atoms with van der Waals surface area (Å²) < 4.78 is 21.6. The third kappa shape index (κ3) is 5.09. The number of aromatic nitrogens is 1. The normalized spacial score (nSPS) is 10.8. The lowest BCUT2D eigenvalue weighted by molar-refractivity contribution is 0.0984. The SMILES string of the molecule is COc1ccc2cc(CN(C(=O)c3cc(OC)c(OC)c(OC)c3)c3ccc(C)c(C)c3)c(=O)[nH]c2c1. The van der Waals surface area contributed by atoms with Crippen molar-refractivity contribution in [3.63, 3.8) is 0 Å². The molecular formula is C29H30N2O6. The van der Waals surface area contributed by atoms with Gasteiger partial charge < -0.3 is 28.8 Å². The standard InChI is InChI=1S/C29H30N2O6/c1-17-7-9-22(11-18(17)2)31(29(33)20-13-25(35-4)27(37-6)26(14-20)36-5)16-21-12-19-8-10-23(34-3)15-24(19)30-28(21)32/h7-15H,16H2,1-6H3,(H,30,32). The van der Waals surface area contributed by atoms with Crippen molar-refractivity contribution in [2.75, 3.05) is 33.3 Å². The lowest BCUT2D eigenvalue weighted by atomic mass is 10.1. The number of nitrogens with one attached hydrogen (secondary N) is 1. The molecular weight excluding hydrogens is 472 g/mol. The Balaban J connectivity index is 1.83. The summed E-state index contributed by atoms with van der Waals surface area (Å²) in [5, 5.41) is 0.829. The van der Waals surface area contributed by atoms with Gasteiger partial charge in [-0.2, -0.15) is 0 Å². The Kier molecular flexibility index (Phi) is 7.38. The third-order valence-electron chi connectivity index (χ3n) is 6.42. The Labute approximate surface area is 215 Å². The van der Waals surface area contributed by atoms with Gasteiger partial charge in [0.1, 0.15) is 5.75 Å². The Morgan fingerprint density at radius 1 is 0.811 bits per heavy atom. The van der Waals surface area contributed by atoms with E-state index in [1.807, 2.05) is 44.2 Å². The van der Waals surface area contributed by atoms with Gasteiger partial charge in [-0.15, -0.1) is 0 Å². The van der Waals surface area contributed by atoms with Crippen LogP contribution < -0.4 is 29.4 Å². The van der Waals surface area contributed by atoms with Crippen molar-refractivity contribution in [3.05, 3.63) is 87.2 Å². The minimum Gasteiger partial charge on any atom is -0.497 e. The molecule has 0 aliphatic heterocycles. The van der Waals surface area contributed by atoms with E-state index < -0.39 is 0 Å². The van der Waals surface area contributed by atoms with Crippen LogP contribution in [-0.2, 0) is 6.54 Å². The average Bonchev–Trinajstić information content (AvgIpc) is 2.91. The number of pyridine rings is 1. The fraction of sp³-hybridized carbons (Fsp3) is 0.241. The summed E-state index contributed by atoms with van der Waals surface area (Å²) in [5.41, 5.74) is 3.93. The molecule has 0 bridgehead atoms. The summed E-state index contributed by atoms with van der Waals surface area (Å²) >= 11 is 0. The summed E-state index contributed by atoms with van der Waals surface area (Å²) in [7, 11) is 6.07. The van der Waals surface area contributed by atoms with Crippen LogP contribution in [0.25, 0.3) is 10.9 Å². The number of ether oxygens (including phenoxy) is 4. The van der Waals surface area contributed by atoms with E-state index >= 15 is 0 Å². The van der Waals surface area contributed by atoms with E-state index in [1.54, 1.807) is 36.3 Å². The van der Waals surface area contributed by atoms with Gasteiger partial charge in [0.05, 0.1) is 40.5 Å². The van der Waals surface area contributed by atoms with Crippen molar-refractivity contribution >= 4 is 22.5 Å². The van der Waals surface area contributed by atoms with Crippen molar-refractivity contribution < 1.29 is 23.7 Å². The first-order valence-electron chi connectivity index (χ1n) is 11.7. The molecule has 0 saturated heterocycles. The number of carbonyl (C=O) groups excluding carboxylic acids is 1. The molecule has 8 heteroatoms. The first-order chi connectivity index (χ1) is 17.8. The number of carbonyl (C=O) groups is 1. The topological polar surface area (TPSA) is 90.1 Å². The molecule has 1 heterocycles. The summed E-state index contributed by atoms with van der Waals surface area (Å²) in [6.07, 6.45) is 0. The second kappa shape index (κ2) is 10.7. The fourth-order valence-corrected chi connectivity index (χ4v) is 4.17. The monoisotopic (exact) mass is 502 g/mol. The van der Waals surface area contributed by atoms with E-state index in [9.17, 15) is 9.59 Å². The molecule has 1 N–H and O–H groups in total. The van der Waals surface area contributed by atoms with E-state index in [1.165, 1.54) is 21.3 Å². The first kappa shape index (κ1) is 25.6. The van der Waals surface area contributed by atoms with Gasteiger partial charge in [-0.05, 0) is 72.8 Å². The molecule has 0 atom stereocenters. The van der Waals surface area contributed by atoms with E-state index in [4.69, 9.17) is 18.9 Å². The number of aromatic amines is 1. The molecule has 1 amide bonds. The average molecular weight is 503 g/mol. The van der Waals surface area contributed by atoms with Gasteiger partial charge in [0.15, 0.2) is 11.5 Å². The number of hydrogen-bond acceptors (Lipinski definition) is 6. The van der Waals surface area contributed by atoms with E-state index in [0.29, 0.717) is 45.3 Å². The lowest BCUT2D eigenvalue weighted by Gasteiger charge is -2.25. The van der Waals surface area contributed by atoms with Gasteiger partial charge in [0, 0.05) is 22.9 Å². The molecule has 4 rings (SSSR count). The zero-order chi connectivity index (χ0) is 26.7. The predicted octanol–water partition coefficient (Wildman–Crippen LogP) is 5.03. The second-order valence-electron chi connectivity index (χ2n) is 8.65. The molecule has 0 radical (unpaired) electrons. The molecule has 0 spiro atoms. The highest BCUT2D eigenvalue weighted by molar-refractivity contribution is 6.07. The van der Waals surface area contributed by atoms with E-state index in [0.717, 1.165) is 16.5 Å². The number of anilines is 1. The first-order valence-corrected chi connectivity index (χ1v) is 11.7. The van der Waals surface area contributed by atoms with Crippen molar-refractivity contribution in [3.8, 4) is 23.0 Å². The maximum Gasteiger partial charge on any atom is 0.258 e. The lowest BCUT2D eigenvalue weighted by Crippen LogP contribution is -2.33. The van der Waals surface area contributed by atoms with Crippen LogP contribution in [0.4, 0.5) is 5.69 Å². The van der Waals surface area contributed by atoms with Crippen molar-refractivity contribution in [1.29, 1.82) is 0 Å².